The van der Waals surface area contributed by atoms with Crippen molar-refractivity contribution in [3.8, 4) is 56.7 Å². The Morgan fingerprint density at radius 1 is 0.390 bits per heavy atom. The summed E-state index contributed by atoms with van der Waals surface area (Å²) in [5.41, 5.74) is 14.5. The molecule has 3 aromatic heterocycles. The van der Waals surface area contributed by atoms with Crippen molar-refractivity contribution in [1.29, 1.82) is 0 Å². The number of benzene rings is 7. The van der Waals surface area contributed by atoms with Crippen LogP contribution in [0.2, 0.25) is 0 Å². The molecule has 0 bridgehead atoms. The highest BCUT2D eigenvalue weighted by Crippen LogP contribution is 2.49. The lowest BCUT2D eigenvalue weighted by molar-refractivity contribution is 0.660. The smallest absolute Gasteiger partial charge is 0.164 e. The largest absolute Gasteiger partial charge is 0.309 e. The number of hydrogen-bond donors (Lipinski definition) is 0. The number of aromatic nitrogens is 5. The fourth-order valence-corrected chi connectivity index (χ4v) is 9.39. The van der Waals surface area contributed by atoms with E-state index < -0.39 is 0 Å². The molecular weight excluding hydrogens is 719 g/mol. The molecule has 0 saturated carbocycles. The van der Waals surface area contributed by atoms with E-state index in [4.69, 9.17) is 15.0 Å². The van der Waals surface area contributed by atoms with Crippen LogP contribution in [0.3, 0.4) is 0 Å². The predicted octanol–water partition coefficient (Wildman–Crippen LogP) is 13.0. The van der Waals surface area contributed by atoms with Crippen molar-refractivity contribution < 1.29 is 0 Å². The van der Waals surface area contributed by atoms with E-state index >= 15 is 0 Å². The summed E-state index contributed by atoms with van der Waals surface area (Å²) >= 11 is 0. The quantitative estimate of drug-likeness (QED) is 0.176. The van der Waals surface area contributed by atoms with Crippen LogP contribution in [0, 0.1) is 12.1 Å². The summed E-state index contributed by atoms with van der Waals surface area (Å²) in [4.78, 5) is 15.3. The molecule has 0 amide bonds. The van der Waals surface area contributed by atoms with Crippen molar-refractivity contribution in [3.05, 3.63) is 199 Å². The minimum absolute atomic E-state index is 0.181. The van der Waals surface area contributed by atoms with Crippen molar-refractivity contribution in [2.75, 3.05) is 0 Å². The summed E-state index contributed by atoms with van der Waals surface area (Å²) in [5.74, 6) is 1.92. The van der Waals surface area contributed by atoms with Crippen LogP contribution in [0.5, 0.6) is 0 Å². The van der Waals surface area contributed by atoms with Crippen molar-refractivity contribution in [2.24, 2.45) is 0 Å². The van der Waals surface area contributed by atoms with Crippen LogP contribution in [0.4, 0.5) is 0 Å². The second kappa shape index (κ2) is 12.6. The van der Waals surface area contributed by atoms with Gasteiger partial charge in [-0.2, -0.15) is 0 Å². The fourth-order valence-electron chi connectivity index (χ4n) is 9.39. The summed E-state index contributed by atoms with van der Waals surface area (Å²) in [6.07, 6.45) is 0. The van der Waals surface area contributed by atoms with Crippen molar-refractivity contribution in [3.63, 3.8) is 0 Å². The molecule has 0 atom stereocenters. The highest BCUT2D eigenvalue weighted by atomic mass is 15.0. The van der Waals surface area contributed by atoms with Crippen LogP contribution < -0.4 is 0 Å². The van der Waals surface area contributed by atoms with E-state index in [9.17, 15) is 0 Å². The summed E-state index contributed by atoms with van der Waals surface area (Å²) in [6, 6.07) is 68.7. The number of para-hydroxylation sites is 3. The molecule has 0 fully saturated rings. The minimum atomic E-state index is -0.181. The molecule has 0 aliphatic heterocycles. The second-order valence-corrected chi connectivity index (χ2v) is 15.9. The molecule has 3 heterocycles. The Morgan fingerprint density at radius 3 is 1.54 bits per heavy atom. The third-order valence-corrected chi connectivity index (χ3v) is 12.3. The van der Waals surface area contributed by atoms with E-state index in [1.54, 1.807) is 0 Å². The van der Waals surface area contributed by atoms with Crippen molar-refractivity contribution in [1.82, 2.24) is 24.1 Å². The van der Waals surface area contributed by atoms with E-state index in [0.717, 1.165) is 39.1 Å². The molecule has 276 valence electrons. The van der Waals surface area contributed by atoms with Crippen LogP contribution in [-0.2, 0) is 5.41 Å². The topological polar surface area (TPSA) is 48.5 Å². The third kappa shape index (κ3) is 5.03. The fraction of sp³-hybridized carbons (Fsp3) is 0.0556. The number of nitrogens with zero attached hydrogens (tertiary/aromatic N) is 5. The molecular formula is C54H35N5. The van der Waals surface area contributed by atoms with Gasteiger partial charge in [0.25, 0.3) is 0 Å². The first-order valence-electron chi connectivity index (χ1n) is 20.0. The summed E-state index contributed by atoms with van der Waals surface area (Å²) in [5, 5.41) is 4.93. The monoisotopic (exact) mass is 753 g/mol. The van der Waals surface area contributed by atoms with E-state index in [-0.39, 0.29) is 5.41 Å². The SMILES string of the molecule is CC1(C)c2cc#ccc2-c2ccc(-c3nc(-c4ccccc4)nc(-c4ccc(-n5c6ccccc6c6cc(-n7c8ccccc8c8ccccc87)ccc65)cc4)n3)cc21. The molecule has 0 N–H and O–H groups in total. The normalized spacial score (nSPS) is 12.9. The van der Waals surface area contributed by atoms with Gasteiger partial charge >= 0.3 is 0 Å². The van der Waals surface area contributed by atoms with Gasteiger partial charge in [-0.25, -0.2) is 15.0 Å². The van der Waals surface area contributed by atoms with Crippen LogP contribution >= 0.6 is 0 Å². The Labute approximate surface area is 341 Å². The van der Waals surface area contributed by atoms with Gasteiger partial charge in [-0.05, 0) is 101 Å². The molecule has 0 spiro atoms. The molecule has 0 unspecified atom stereocenters. The molecule has 1 aliphatic carbocycles. The lowest BCUT2D eigenvalue weighted by Crippen LogP contribution is -2.15. The first-order chi connectivity index (χ1) is 29.0. The van der Waals surface area contributed by atoms with Gasteiger partial charge in [0.1, 0.15) is 0 Å². The lowest BCUT2D eigenvalue weighted by atomic mass is 9.82. The second-order valence-electron chi connectivity index (χ2n) is 15.9. The highest BCUT2D eigenvalue weighted by Gasteiger charge is 2.35. The maximum absolute atomic E-state index is 5.15. The molecule has 12 rings (SSSR count). The Morgan fingerprint density at radius 2 is 0.881 bits per heavy atom. The third-order valence-electron chi connectivity index (χ3n) is 12.3. The zero-order valence-corrected chi connectivity index (χ0v) is 32.5. The lowest BCUT2D eigenvalue weighted by Gasteiger charge is -2.21. The summed E-state index contributed by atoms with van der Waals surface area (Å²) < 4.78 is 4.75. The van der Waals surface area contributed by atoms with Crippen molar-refractivity contribution >= 4 is 43.6 Å². The van der Waals surface area contributed by atoms with Gasteiger partial charge in [-0.1, -0.05) is 123 Å². The Hall–Kier alpha value is -7.81. The van der Waals surface area contributed by atoms with Gasteiger partial charge in [-0.3, -0.25) is 0 Å². The molecule has 8 aromatic carbocycles. The number of rotatable bonds is 5. The van der Waals surface area contributed by atoms with Crippen LogP contribution in [0.25, 0.3) is 100 Å². The van der Waals surface area contributed by atoms with Gasteiger partial charge in [0.2, 0.25) is 0 Å². The average molecular weight is 754 g/mol. The van der Waals surface area contributed by atoms with Crippen molar-refractivity contribution in [2.45, 2.75) is 19.3 Å². The molecule has 0 saturated heterocycles. The Kier molecular flexibility index (Phi) is 7.12. The maximum Gasteiger partial charge on any atom is 0.164 e. The molecule has 11 aromatic rings. The van der Waals surface area contributed by atoms with Gasteiger partial charge < -0.3 is 9.13 Å². The van der Waals surface area contributed by atoms with E-state index in [2.05, 4.69) is 187 Å². The maximum atomic E-state index is 5.15. The van der Waals surface area contributed by atoms with Gasteiger partial charge in [0.05, 0.1) is 22.1 Å². The molecule has 0 radical (unpaired) electrons. The van der Waals surface area contributed by atoms with E-state index in [0.29, 0.717) is 17.5 Å². The van der Waals surface area contributed by atoms with Crippen LogP contribution in [0.15, 0.2) is 176 Å². The van der Waals surface area contributed by atoms with Gasteiger partial charge in [-0.15, -0.1) is 0 Å². The predicted molar refractivity (Wildman–Crippen MR) is 240 cm³/mol. The number of hydrogen-bond acceptors (Lipinski definition) is 3. The van der Waals surface area contributed by atoms with Gasteiger partial charge in [0, 0.05) is 55.0 Å². The zero-order valence-electron chi connectivity index (χ0n) is 32.5. The van der Waals surface area contributed by atoms with Crippen LogP contribution in [0.1, 0.15) is 25.0 Å². The molecule has 1 aliphatic rings. The first kappa shape index (κ1) is 33.3. The Balaban J connectivity index is 0.972. The average Bonchev–Trinajstić information content (AvgIpc) is 3.89. The first-order valence-corrected chi connectivity index (χ1v) is 20.0. The molecule has 5 nitrogen and oxygen atoms in total. The minimum Gasteiger partial charge on any atom is -0.309 e. The Bertz CT molecular complexity index is 3410. The highest BCUT2D eigenvalue weighted by molar-refractivity contribution is 6.12. The summed E-state index contributed by atoms with van der Waals surface area (Å²) in [6.45, 7) is 4.54. The zero-order chi connectivity index (χ0) is 39.2. The molecule has 5 heteroatoms. The van der Waals surface area contributed by atoms with E-state index in [1.807, 2.05) is 24.3 Å². The van der Waals surface area contributed by atoms with E-state index in [1.165, 1.54) is 54.8 Å². The van der Waals surface area contributed by atoms with Crippen LogP contribution in [-0.4, -0.2) is 24.1 Å². The summed E-state index contributed by atoms with van der Waals surface area (Å²) in [7, 11) is 0. The standard InChI is InChI=1S/C54H35N5/c1-54(2)45-20-10-6-16-39(45)40-30-26-36(32-46(40)54)53-56-51(34-14-4-3-5-15-34)55-52(57-53)35-24-27-37(28-25-35)58-49-23-13-9-19-43(49)44-33-38(29-31-50(44)58)59-47-21-11-7-17-41(47)42-18-8-12-22-48(42)59/h3-5,7-9,11-33H,1-2H3. The number of fused-ring (bicyclic) bond motifs is 9. The van der Waals surface area contributed by atoms with Gasteiger partial charge in [0.15, 0.2) is 17.5 Å². The molecule has 59 heavy (non-hydrogen) atoms.